The molecular weight excluding hydrogens is 210 g/mol. The highest BCUT2D eigenvalue weighted by Crippen LogP contribution is 1.94. The van der Waals surface area contributed by atoms with E-state index in [0.29, 0.717) is 0 Å². The monoisotopic (exact) mass is 219 g/mol. The number of hydrazine groups is 1. The van der Waals surface area contributed by atoms with E-state index in [4.69, 9.17) is 4.55 Å². The van der Waals surface area contributed by atoms with E-state index in [2.05, 4.69) is 15.8 Å². The molecule has 0 spiro atoms. The number of amides is 1. The quantitative estimate of drug-likeness (QED) is 0.295. The molecule has 0 radical (unpaired) electrons. The maximum atomic E-state index is 11.0. The molecule has 8 heteroatoms. The molecular formula is C6H9N3O4S. The third kappa shape index (κ3) is 3.64. The lowest BCUT2D eigenvalue weighted by Gasteiger charge is -2.07. The topological polar surface area (TPSA) is 108 Å². The maximum absolute atomic E-state index is 11.0. The first kappa shape index (κ1) is 10.8. The van der Waals surface area contributed by atoms with E-state index < -0.39 is 21.8 Å². The molecule has 0 aromatic rings. The first-order chi connectivity index (χ1) is 6.49. The number of hydrogen-bond donors (Lipinski definition) is 3. The van der Waals surface area contributed by atoms with Gasteiger partial charge in [-0.1, -0.05) is 0 Å². The SMILES string of the molecule is O=C(NNCCS(=O)(=O)O)C1=NC=C1. The zero-order valence-corrected chi connectivity index (χ0v) is 7.91. The second-order valence-corrected chi connectivity index (χ2v) is 4.07. The minimum atomic E-state index is -3.99. The Bertz CT molecular complexity index is 384. The molecule has 1 aliphatic heterocycles. The molecule has 0 aromatic carbocycles. The number of aliphatic imine (C=N–C) groups is 1. The van der Waals surface area contributed by atoms with Crippen LogP contribution in [0.2, 0.25) is 0 Å². The average molecular weight is 219 g/mol. The Labute approximate surface area is 80.6 Å². The molecule has 14 heavy (non-hydrogen) atoms. The summed E-state index contributed by atoms with van der Waals surface area (Å²) in [6.45, 7) is -0.0679. The van der Waals surface area contributed by atoms with E-state index in [1.807, 2.05) is 0 Å². The highest BCUT2D eigenvalue weighted by atomic mass is 32.2. The summed E-state index contributed by atoms with van der Waals surface area (Å²) in [7, 11) is -3.99. The average Bonchev–Trinajstić information content (AvgIpc) is 1.92. The van der Waals surface area contributed by atoms with E-state index in [1.165, 1.54) is 12.3 Å². The predicted octanol–water partition coefficient (Wildman–Crippen LogP) is -1.54. The highest BCUT2D eigenvalue weighted by molar-refractivity contribution is 7.85. The summed E-state index contributed by atoms with van der Waals surface area (Å²) >= 11 is 0. The number of rotatable bonds is 5. The molecule has 78 valence electrons. The van der Waals surface area contributed by atoms with Crippen molar-refractivity contribution in [3.8, 4) is 0 Å². The molecule has 0 aromatic heterocycles. The molecule has 7 nitrogen and oxygen atoms in total. The lowest BCUT2D eigenvalue weighted by atomic mass is 10.3. The first-order valence-corrected chi connectivity index (χ1v) is 5.33. The predicted molar refractivity (Wildman–Crippen MR) is 49.1 cm³/mol. The Kier molecular flexibility index (Phi) is 3.33. The second-order valence-electron chi connectivity index (χ2n) is 2.50. The zero-order valence-electron chi connectivity index (χ0n) is 7.10. The van der Waals surface area contributed by atoms with Crippen LogP contribution in [0.15, 0.2) is 17.3 Å². The summed E-state index contributed by atoms with van der Waals surface area (Å²) in [4.78, 5) is 14.6. The van der Waals surface area contributed by atoms with Crippen molar-refractivity contribution in [2.24, 2.45) is 4.99 Å². The van der Waals surface area contributed by atoms with E-state index in [-0.39, 0.29) is 12.3 Å². The summed E-state index contributed by atoms with van der Waals surface area (Å²) in [6, 6.07) is 0. The number of nitrogens with zero attached hydrogens (tertiary/aromatic N) is 1. The van der Waals surface area contributed by atoms with Crippen molar-refractivity contribution in [1.29, 1.82) is 0 Å². The zero-order chi connectivity index (χ0) is 10.6. The van der Waals surface area contributed by atoms with Gasteiger partial charge in [-0.05, 0) is 6.08 Å². The van der Waals surface area contributed by atoms with E-state index >= 15 is 0 Å². The van der Waals surface area contributed by atoms with Crippen LogP contribution in [0.1, 0.15) is 0 Å². The second kappa shape index (κ2) is 4.31. The van der Waals surface area contributed by atoms with Gasteiger partial charge in [-0.2, -0.15) is 8.42 Å². The summed E-state index contributed by atoms with van der Waals surface area (Å²) in [5.41, 5.74) is 4.82. The van der Waals surface area contributed by atoms with Crippen molar-refractivity contribution in [3.05, 3.63) is 12.3 Å². The van der Waals surface area contributed by atoms with Gasteiger partial charge in [0.25, 0.3) is 16.0 Å². The third-order valence-corrected chi connectivity index (χ3v) is 2.09. The molecule has 0 saturated heterocycles. The fraction of sp³-hybridized carbons (Fsp3) is 0.333. The van der Waals surface area contributed by atoms with Crippen LogP contribution in [0.3, 0.4) is 0 Å². The molecule has 0 atom stereocenters. The lowest BCUT2D eigenvalue weighted by Crippen LogP contribution is -2.43. The van der Waals surface area contributed by atoms with Crippen LogP contribution >= 0.6 is 0 Å². The molecule has 3 N–H and O–H groups in total. The molecule has 1 rings (SSSR count). The van der Waals surface area contributed by atoms with E-state index in [0.717, 1.165) is 0 Å². The lowest BCUT2D eigenvalue weighted by molar-refractivity contribution is -0.115. The molecule has 1 aliphatic rings. The molecule has 1 amide bonds. The van der Waals surface area contributed by atoms with Gasteiger partial charge in [0.15, 0.2) is 0 Å². The molecule has 0 aliphatic carbocycles. The van der Waals surface area contributed by atoms with Crippen molar-refractivity contribution >= 4 is 21.7 Å². The molecule has 0 unspecified atom stereocenters. The summed E-state index contributed by atoms with van der Waals surface area (Å²) < 4.78 is 28.8. The number of carbonyl (C=O) groups is 1. The summed E-state index contributed by atoms with van der Waals surface area (Å²) in [5.74, 6) is -0.905. The van der Waals surface area contributed by atoms with Crippen LogP contribution in [0.25, 0.3) is 0 Å². The fourth-order valence-corrected chi connectivity index (χ4v) is 1.03. The fourth-order valence-electron chi connectivity index (χ4n) is 0.670. The Hall–Kier alpha value is -1.25. The highest BCUT2D eigenvalue weighted by Gasteiger charge is 2.11. The largest absolute Gasteiger partial charge is 0.286 e. The van der Waals surface area contributed by atoms with Crippen LogP contribution in [0.4, 0.5) is 0 Å². The molecule has 0 bridgehead atoms. The standard InChI is InChI=1S/C6H9N3O4S/c10-6(5-1-2-7-5)9-8-3-4-14(11,12)13/h1-2,8H,3-4H2,(H,9,10)(H,11,12,13). The van der Waals surface area contributed by atoms with Gasteiger partial charge in [-0.15, -0.1) is 0 Å². The number of carbonyl (C=O) groups excluding carboxylic acids is 1. The minimum Gasteiger partial charge on any atom is -0.286 e. The molecule has 1 heterocycles. The first-order valence-electron chi connectivity index (χ1n) is 3.72. The van der Waals surface area contributed by atoms with Crippen molar-refractivity contribution in [2.45, 2.75) is 0 Å². The normalized spacial score (nSPS) is 14.5. The van der Waals surface area contributed by atoms with Crippen molar-refractivity contribution in [3.63, 3.8) is 0 Å². The minimum absolute atomic E-state index is 0.0679. The van der Waals surface area contributed by atoms with Crippen LogP contribution < -0.4 is 10.9 Å². The van der Waals surface area contributed by atoms with Gasteiger partial charge in [-0.25, -0.2) is 5.43 Å². The molecule has 0 saturated carbocycles. The van der Waals surface area contributed by atoms with Crippen LogP contribution in [-0.4, -0.2) is 36.9 Å². The Morgan fingerprint density at radius 1 is 1.57 bits per heavy atom. The van der Waals surface area contributed by atoms with E-state index in [1.54, 1.807) is 0 Å². The Balaban J connectivity index is 2.13. The van der Waals surface area contributed by atoms with Crippen molar-refractivity contribution in [2.75, 3.05) is 12.3 Å². The number of nitrogens with one attached hydrogen (secondary N) is 2. The Morgan fingerprint density at radius 3 is 2.64 bits per heavy atom. The smallest absolute Gasteiger partial charge is 0.284 e. The van der Waals surface area contributed by atoms with Gasteiger partial charge in [0.2, 0.25) is 0 Å². The van der Waals surface area contributed by atoms with Crippen molar-refractivity contribution < 1.29 is 17.8 Å². The molecule has 0 fully saturated rings. The van der Waals surface area contributed by atoms with Crippen LogP contribution in [0.5, 0.6) is 0 Å². The maximum Gasteiger partial charge on any atom is 0.284 e. The van der Waals surface area contributed by atoms with Gasteiger partial charge < -0.3 is 0 Å². The Morgan fingerprint density at radius 2 is 2.21 bits per heavy atom. The van der Waals surface area contributed by atoms with Gasteiger partial charge in [0, 0.05) is 12.7 Å². The van der Waals surface area contributed by atoms with Crippen LogP contribution in [-0.2, 0) is 14.9 Å². The van der Waals surface area contributed by atoms with Crippen molar-refractivity contribution in [1.82, 2.24) is 10.9 Å². The van der Waals surface area contributed by atoms with Gasteiger partial charge >= 0.3 is 0 Å². The summed E-state index contributed by atoms with van der Waals surface area (Å²) in [6.07, 6.45) is 2.98. The third-order valence-electron chi connectivity index (χ3n) is 1.37. The van der Waals surface area contributed by atoms with Gasteiger partial charge in [0.05, 0.1) is 5.75 Å². The van der Waals surface area contributed by atoms with Crippen LogP contribution in [0, 0.1) is 0 Å². The van der Waals surface area contributed by atoms with Gasteiger partial charge in [-0.3, -0.25) is 19.8 Å². The summed E-state index contributed by atoms with van der Waals surface area (Å²) in [5, 5.41) is 0. The van der Waals surface area contributed by atoms with Gasteiger partial charge in [0.1, 0.15) is 5.71 Å². The van der Waals surface area contributed by atoms with E-state index in [9.17, 15) is 13.2 Å². The number of hydrogen-bond acceptors (Lipinski definition) is 5.